The third-order valence-corrected chi connectivity index (χ3v) is 5.01. The van der Waals surface area contributed by atoms with Crippen LogP contribution in [0.2, 0.25) is 10.0 Å². The van der Waals surface area contributed by atoms with Crippen LogP contribution in [0, 0.1) is 15.5 Å². The zero-order valence-corrected chi connectivity index (χ0v) is 13.6. The second-order valence-corrected chi connectivity index (χ2v) is 6.18. The van der Waals surface area contributed by atoms with Gasteiger partial charge in [-0.05, 0) is 18.6 Å². The van der Waals surface area contributed by atoms with Crippen molar-refractivity contribution in [2.45, 2.75) is 12.8 Å². The number of nitro groups is 1. The van der Waals surface area contributed by atoms with Crippen LogP contribution in [0.3, 0.4) is 0 Å². The minimum absolute atomic E-state index is 0.127. The molecule has 1 fully saturated rings. The number of benzene rings is 1. The maximum Gasteiger partial charge on any atom is 0.312 e. The highest BCUT2D eigenvalue weighted by Crippen LogP contribution is 2.38. The second-order valence-electron chi connectivity index (χ2n) is 5.05. The monoisotopic (exact) mass is 351 g/mol. The van der Waals surface area contributed by atoms with Crippen molar-refractivity contribution in [1.29, 1.82) is 0 Å². The Bertz CT molecular complexity index is 535. The summed E-state index contributed by atoms with van der Waals surface area (Å²) in [5.41, 5.74) is -0.327. The topological polar surface area (TPSA) is 61.6 Å². The average Bonchev–Trinajstić information content (AvgIpc) is 2.48. The third kappa shape index (κ3) is 3.94. The quantitative estimate of drug-likeness (QED) is 0.494. The average molecular weight is 352 g/mol. The van der Waals surface area contributed by atoms with Crippen LogP contribution >= 0.6 is 35.8 Å². The third-order valence-electron chi connectivity index (χ3n) is 3.62. The number of ether oxygens (including phenoxy) is 2. The van der Waals surface area contributed by atoms with Gasteiger partial charge in [-0.15, -0.1) is 0 Å². The fourth-order valence-corrected chi connectivity index (χ4v) is 2.88. The predicted molar refractivity (Wildman–Crippen MR) is 85.0 cm³/mol. The first-order valence-electron chi connectivity index (χ1n) is 6.42. The van der Waals surface area contributed by atoms with Crippen LogP contribution in [-0.2, 0) is 4.74 Å². The van der Waals surface area contributed by atoms with E-state index in [1.807, 2.05) is 0 Å². The second kappa shape index (κ2) is 7.05. The number of halogens is 2. The molecule has 0 saturated carbocycles. The SMILES string of the molecule is O=[N+]([O-])c1cc(Cl)c(Cl)cc1OCC1(CS)CCOCC1. The molecule has 0 spiro atoms. The Kier molecular flexibility index (Phi) is 5.60. The first kappa shape index (κ1) is 16.7. The van der Waals surface area contributed by atoms with Crippen LogP contribution in [0.4, 0.5) is 5.69 Å². The molecule has 5 nitrogen and oxygen atoms in total. The molecule has 1 saturated heterocycles. The van der Waals surface area contributed by atoms with Crippen LogP contribution in [-0.4, -0.2) is 30.5 Å². The first-order valence-corrected chi connectivity index (χ1v) is 7.81. The van der Waals surface area contributed by atoms with E-state index in [4.69, 9.17) is 32.7 Å². The molecule has 0 aromatic heterocycles. The molecule has 0 unspecified atom stereocenters. The van der Waals surface area contributed by atoms with Gasteiger partial charge in [-0.1, -0.05) is 23.2 Å². The van der Waals surface area contributed by atoms with Gasteiger partial charge in [0, 0.05) is 30.8 Å². The van der Waals surface area contributed by atoms with Crippen molar-refractivity contribution in [3.8, 4) is 5.75 Å². The Labute approximate surface area is 138 Å². The van der Waals surface area contributed by atoms with Gasteiger partial charge >= 0.3 is 5.69 Å². The molecule has 0 radical (unpaired) electrons. The lowest BCUT2D eigenvalue weighted by molar-refractivity contribution is -0.386. The summed E-state index contributed by atoms with van der Waals surface area (Å²) in [6.07, 6.45) is 1.62. The van der Waals surface area contributed by atoms with Gasteiger partial charge in [0.25, 0.3) is 0 Å². The summed E-state index contributed by atoms with van der Waals surface area (Å²) in [5, 5.41) is 11.4. The Balaban J connectivity index is 2.18. The minimum atomic E-state index is -0.533. The van der Waals surface area contributed by atoms with E-state index in [9.17, 15) is 10.1 Å². The molecule has 0 N–H and O–H groups in total. The number of hydrogen-bond donors (Lipinski definition) is 1. The summed E-state index contributed by atoms with van der Waals surface area (Å²) >= 11 is 16.1. The lowest BCUT2D eigenvalue weighted by Gasteiger charge is -2.35. The highest BCUT2D eigenvalue weighted by atomic mass is 35.5. The van der Waals surface area contributed by atoms with E-state index >= 15 is 0 Å². The molecule has 0 aliphatic carbocycles. The summed E-state index contributed by atoms with van der Waals surface area (Å²) in [6, 6.07) is 2.59. The maximum atomic E-state index is 11.1. The summed E-state index contributed by atoms with van der Waals surface area (Å²) in [7, 11) is 0. The molecule has 1 aromatic rings. The fourth-order valence-electron chi connectivity index (χ4n) is 2.16. The normalized spacial score (nSPS) is 17.5. The molecule has 2 rings (SSSR count). The van der Waals surface area contributed by atoms with Crippen molar-refractivity contribution in [3.63, 3.8) is 0 Å². The van der Waals surface area contributed by atoms with Crippen molar-refractivity contribution in [3.05, 3.63) is 32.3 Å². The summed E-state index contributed by atoms with van der Waals surface area (Å²) in [6.45, 7) is 1.62. The smallest absolute Gasteiger partial charge is 0.312 e. The van der Waals surface area contributed by atoms with Gasteiger partial charge in [-0.3, -0.25) is 10.1 Å². The number of hydrogen-bond acceptors (Lipinski definition) is 5. The fraction of sp³-hybridized carbons (Fsp3) is 0.538. The van der Waals surface area contributed by atoms with Crippen LogP contribution in [0.15, 0.2) is 12.1 Å². The summed E-state index contributed by atoms with van der Waals surface area (Å²) in [4.78, 5) is 10.5. The van der Waals surface area contributed by atoms with Gasteiger partial charge in [0.2, 0.25) is 0 Å². The molecule has 21 heavy (non-hydrogen) atoms. The first-order chi connectivity index (χ1) is 9.97. The number of rotatable bonds is 5. The lowest BCUT2D eigenvalue weighted by atomic mass is 9.83. The molecule has 1 heterocycles. The van der Waals surface area contributed by atoms with E-state index in [2.05, 4.69) is 12.6 Å². The van der Waals surface area contributed by atoms with Crippen molar-refractivity contribution in [2.75, 3.05) is 25.6 Å². The van der Waals surface area contributed by atoms with Crippen LogP contribution in [0.25, 0.3) is 0 Å². The van der Waals surface area contributed by atoms with Gasteiger partial charge < -0.3 is 9.47 Å². The van der Waals surface area contributed by atoms with Gasteiger partial charge in [-0.25, -0.2) is 0 Å². The van der Waals surface area contributed by atoms with Crippen molar-refractivity contribution in [2.24, 2.45) is 5.41 Å². The van der Waals surface area contributed by atoms with E-state index in [0.717, 1.165) is 12.8 Å². The largest absolute Gasteiger partial charge is 0.486 e. The van der Waals surface area contributed by atoms with E-state index in [0.29, 0.717) is 25.6 Å². The lowest BCUT2D eigenvalue weighted by Crippen LogP contribution is -2.37. The van der Waals surface area contributed by atoms with Gasteiger partial charge in [-0.2, -0.15) is 12.6 Å². The van der Waals surface area contributed by atoms with Gasteiger partial charge in [0.05, 0.1) is 21.6 Å². The Morgan fingerprint density at radius 2 is 1.95 bits per heavy atom. The molecule has 0 atom stereocenters. The minimum Gasteiger partial charge on any atom is -0.486 e. The standard InChI is InChI=1S/C13H15Cl2NO4S/c14-9-5-11(16(17)18)12(6-10(9)15)20-7-13(8-21)1-3-19-4-2-13/h5-6,21H,1-4,7-8H2. The molecule has 0 amide bonds. The van der Waals surface area contributed by atoms with Crippen molar-refractivity contribution >= 4 is 41.5 Å². The predicted octanol–water partition coefficient (Wildman–Crippen LogP) is 4.01. The summed E-state index contributed by atoms with van der Waals surface area (Å²) < 4.78 is 11.0. The van der Waals surface area contributed by atoms with Gasteiger partial charge in [0.15, 0.2) is 5.75 Å². The molecule has 1 aliphatic heterocycles. The zero-order valence-electron chi connectivity index (χ0n) is 11.2. The number of thiol groups is 1. The number of nitro benzene ring substituents is 1. The van der Waals surface area contributed by atoms with Crippen LogP contribution < -0.4 is 4.74 Å². The number of nitrogens with zero attached hydrogens (tertiary/aromatic N) is 1. The van der Waals surface area contributed by atoms with E-state index in [1.54, 1.807) is 0 Å². The molecule has 116 valence electrons. The van der Waals surface area contributed by atoms with E-state index in [1.165, 1.54) is 12.1 Å². The highest BCUT2D eigenvalue weighted by molar-refractivity contribution is 7.80. The van der Waals surface area contributed by atoms with E-state index < -0.39 is 4.92 Å². The Morgan fingerprint density at radius 3 is 2.52 bits per heavy atom. The Hall–Kier alpha value is -0.690. The molecule has 1 aromatic carbocycles. The van der Waals surface area contributed by atoms with Crippen molar-refractivity contribution in [1.82, 2.24) is 0 Å². The molecule has 1 aliphatic rings. The van der Waals surface area contributed by atoms with Crippen LogP contribution in [0.1, 0.15) is 12.8 Å². The van der Waals surface area contributed by atoms with E-state index in [-0.39, 0.29) is 26.9 Å². The molecular formula is C13H15Cl2NO4S. The maximum absolute atomic E-state index is 11.1. The van der Waals surface area contributed by atoms with Crippen molar-refractivity contribution < 1.29 is 14.4 Å². The Morgan fingerprint density at radius 1 is 1.33 bits per heavy atom. The zero-order chi connectivity index (χ0) is 15.5. The van der Waals surface area contributed by atoms with Crippen LogP contribution in [0.5, 0.6) is 5.75 Å². The summed E-state index contributed by atoms with van der Waals surface area (Å²) in [5.74, 6) is 0.757. The van der Waals surface area contributed by atoms with Gasteiger partial charge in [0.1, 0.15) is 0 Å². The highest BCUT2D eigenvalue weighted by Gasteiger charge is 2.33. The molecule has 8 heteroatoms. The molecular weight excluding hydrogens is 337 g/mol. The molecule has 0 bridgehead atoms.